The van der Waals surface area contributed by atoms with E-state index in [0.717, 1.165) is 59.7 Å². The lowest BCUT2D eigenvalue weighted by Crippen LogP contribution is -2.43. The van der Waals surface area contributed by atoms with Gasteiger partial charge in [0.2, 0.25) is 0 Å². The number of rotatable bonds is 3. The van der Waals surface area contributed by atoms with Gasteiger partial charge in [0.1, 0.15) is 5.75 Å². The first-order chi connectivity index (χ1) is 13.7. The van der Waals surface area contributed by atoms with Gasteiger partial charge in [-0.15, -0.1) is 0 Å². The van der Waals surface area contributed by atoms with E-state index in [0.29, 0.717) is 5.39 Å². The maximum Gasteiger partial charge on any atom is 0.280 e. The summed E-state index contributed by atoms with van der Waals surface area (Å²) in [4.78, 5) is 19.8. The molecule has 1 saturated heterocycles. The van der Waals surface area contributed by atoms with Crippen molar-refractivity contribution in [3.05, 3.63) is 59.0 Å². The van der Waals surface area contributed by atoms with Crippen LogP contribution in [-0.2, 0) is 0 Å². The lowest BCUT2D eigenvalue weighted by Gasteiger charge is -2.29. The fourth-order valence-corrected chi connectivity index (χ4v) is 3.78. The van der Waals surface area contributed by atoms with E-state index < -0.39 is 0 Å². The summed E-state index contributed by atoms with van der Waals surface area (Å²) in [5.41, 5.74) is 3.50. The van der Waals surface area contributed by atoms with Gasteiger partial charge in [0.15, 0.2) is 0 Å². The number of nitrogens with zero attached hydrogens (tertiary/aromatic N) is 3. The van der Waals surface area contributed by atoms with E-state index in [1.54, 1.807) is 18.0 Å². The van der Waals surface area contributed by atoms with Crippen LogP contribution in [0.4, 0.5) is 5.69 Å². The maximum atomic E-state index is 12.9. The molecule has 2 aromatic carbocycles. The Morgan fingerprint density at radius 2 is 1.75 bits per heavy atom. The van der Waals surface area contributed by atoms with E-state index in [-0.39, 0.29) is 5.56 Å². The minimum absolute atomic E-state index is 0.110. The Kier molecular flexibility index (Phi) is 4.02. The third-order valence-corrected chi connectivity index (χ3v) is 5.32. The number of benzene rings is 2. The summed E-state index contributed by atoms with van der Waals surface area (Å²) in [5.74, 6) is 0.750. The Bertz CT molecular complexity index is 1200. The lowest BCUT2D eigenvalue weighted by molar-refractivity contribution is 0.414. The summed E-state index contributed by atoms with van der Waals surface area (Å²) in [5, 5.41) is 8.16. The molecule has 1 aliphatic heterocycles. The molecule has 0 radical (unpaired) electrons. The lowest BCUT2D eigenvalue weighted by atomic mass is 10.1. The Labute approximate surface area is 161 Å². The third-order valence-electron chi connectivity index (χ3n) is 5.32. The fraction of sp³-hybridized carbons (Fsp3) is 0.238. The quantitative estimate of drug-likeness (QED) is 0.575. The van der Waals surface area contributed by atoms with Gasteiger partial charge < -0.3 is 15.0 Å². The van der Waals surface area contributed by atoms with Crippen LogP contribution in [0.15, 0.2) is 53.5 Å². The highest BCUT2D eigenvalue weighted by Crippen LogP contribution is 2.26. The molecule has 7 heteroatoms. The largest absolute Gasteiger partial charge is 0.497 e. The van der Waals surface area contributed by atoms with Gasteiger partial charge in [-0.05, 0) is 42.5 Å². The van der Waals surface area contributed by atoms with Gasteiger partial charge >= 0.3 is 0 Å². The van der Waals surface area contributed by atoms with Crippen molar-refractivity contribution in [3.63, 3.8) is 0 Å². The molecule has 0 aliphatic carbocycles. The standard InChI is InChI=1S/C21H21N5O2/c1-28-16-5-2-14(3-6-16)26-21(27)18-13-23-19-12-15(25-10-8-22-9-11-25)4-7-17(19)20(18)24-26/h2-7,12-13,22,24H,8-11H2,1H3. The summed E-state index contributed by atoms with van der Waals surface area (Å²) in [6.45, 7) is 3.95. The van der Waals surface area contributed by atoms with Gasteiger partial charge in [0.05, 0.1) is 29.2 Å². The average Bonchev–Trinajstić information content (AvgIpc) is 3.11. The van der Waals surface area contributed by atoms with Crippen LogP contribution in [0.5, 0.6) is 5.75 Å². The van der Waals surface area contributed by atoms with Crippen molar-refractivity contribution < 1.29 is 4.74 Å². The zero-order valence-electron chi connectivity index (χ0n) is 15.6. The number of hydrogen-bond donors (Lipinski definition) is 2. The highest BCUT2D eigenvalue weighted by molar-refractivity contribution is 6.03. The molecule has 0 saturated carbocycles. The van der Waals surface area contributed by atoms with Crippen LogP contribution < -0.4 is 20.5 Å². The topological polar surface area (TPSA) is 75.2 Å². The molecule has 1 aliphatic rings. The van der Waals surface area contributed by atoms with Gasteiger partial charge in [-0.1, -0.05) is 0 Å². The predicted molar refractivity (Wildman–Crippen MR) is 111 cm³/mol. The zero-order valence-corrected chi connectivity index (χ0v) is 15.6. The highest BCUT2D eigenvalue weighted by Gasteiger charge is 2.15. The predicted octanol–water partition coefficient (Wildman–Crippen LogP) is 2.29. The molecule has 4 aromatic rings. The van der Waals surface area contributed by atoms with Gasteiger partial charge in [-0.25, -0.2) is 4.68 Å². The first-order valence-electron chi connectivity index (χ1n) is 9.38. The molecule has 0 amide bonds. The number of nitrogens with one attached hydrogen (secondary N) is 2. The Balaban J connectivity index is 1.62. The molecule has 142 valence electrons. The summed E-state index contributed by atoms with van der Waals surface area (Å²) < 4.78 is 6.75. The molecule has 5 rings (SSSR count). The number of aromatic amines is 1. The summed E-state index contributed by atoms with van der Waals surface area (Å²) in [7, 11) is 1.62. The van der Waals surface area contributed by atoms with Crippen molar-refractivity contribution in [2.24, 2.45) is 0 Å². The first-order valence-corrected chi connectivity index (χ1v) is 9.38. The summed E-state index contributed by atoms with van der Waals surface area (Å²) in [6, 6.07) is 13.6. The second-order valence-electron chi connectivity index (χ2n) is 6.94. The van der Waals surface area contributed by atoms with E-state index in [2.05, 4.69) is 38.5 Å². The van der Waals surface area contributed by atoms with E-state index >= 15 is 0 Å². The molecular weight excluding hydrogens is 354 g/mol. The van der Waals surface area contributed by atoms with Crippen molar-refractivity contribution in [1.29, 1.82) is 0 Å². The minimum atomic E-state index is -0.110. The number of aromatic nitrogens is 3. The highest BCUT2D eigenvalue weighted by atomic mass is 16.5. The van der Waals surface area contributed by atoms with Crippen molar-refractivity contribution in [2.75, 3.05) is 38.2 Å². The molecule has 2 N–H and O–H groups in total. The number of pyridine rings is 1. The Hall–Kier alpha value is -3.32. The first kappa shape index (κ1) is 16.8. The van der Waals surface area contributed by atoms with Crippen molar-refractivity contribution >= 4 is 27.5 Å². The van der Waals surface area contributed by atoms with E-state index in [4.69, 9.17) is 4.74 Å². The molecule has 0 spiro atoms. The third kappa shape index (κ3) is 2.71. The van der Waals surface area contributed by atoms with Crippen molar-refractivity contribution in [2.45, 2.75) is 0 Å². The van der Waals surface area contributed by atoms with Crippen molar-refractivity contribution in [1.82, 2.24) is 20.1 Å². The number of anilines is 1. The molecule has 7 nitrogen and oxygen atoms in total. The second-order valence-corrected chi connectivity index (χ2v) is 6.94. The second kappa shape index (κ2) is 6.69. The summed E-state index contributed by atoms with van der Waals surface area (Å²) >= 11 is 0. The van der Waals surface area contributed by atoms with E-state index in [9.17, 15) is 4.79 Å². The molecule has 0 atom stereocenters. The number of hydrogen-bond acceptors (Lipinski definition) is 5. The van der Waals surface area contributed by atoms with Gasteiger partial charge in [0.25, 0.3) is 5.56 Å². The van der Waals surface area contributed by atoms with Crippen LogP contribution in [-0.4, -0.2) is 48.1 Å². The van der Waals surface area contributed by atoms with Gasteiger partial charge in [0, 0.05) is 43.4 Å². The molecule has 2 aromatic heterocycles. The minimum Gasteiger partial charge on any atom is -0.497 e. The monoisotopic (exact) mass is 375 g/mol. The molecule has 1 fully saturated rings. The SMILES string of the molecule is COc1ccc(-n2[nH]c3c(cnc4cc(N5CCNCC5)ccc43)c2=O)cc1. The molecule has 0 unspecified atom stereocenters. The van der Waals surface area contributed by atoms with Crippen LogP contribution in [0.2, 0.25) is 0 Å². The maximum absolute atomic E-state index is 12.9. The normalized spacial score (nSPS) is 14.7. The molecule has 28 heavy (non-hydrogen) atoms. The summed E-state index contributed by atoms with van der Waals surface area (Å²) in [6.07, 6.45) is 1.66. The van der Waals surface area contributed by atoms with Crippen LogP contribution in [0.25, 0.3) is 27.5 Å². The number of ether oxygens (including phenoxy) is 1. The average molecular weight is 375 g/mol. The van der Waals surface area contributed by atoms with Crippen molar-refractivity contribution in [3.8, 4) is 11.4 Å². The number of fused-ring (bicyclic) bond motifs is 3. The Morgan fingerprint density at radius 3 is 2.50 bits per heavy atom. The van der Waals surface area contributed by atoms with E-state index in [1.807, 2.05) is 24.3 Å². The van der Waals surface area contributed by atoms with E-state index in [1.165, 1.54) is 0 Å². The number of methoxy groups -OCH3 is 1. The number of H-pyrrole nitrogens is 1. The molecule has 0 bridgehead atoms. The smallest absolute Gasteiger partial charge is 0.280 e. The van der Waals surface area contributed by atoms with Crippen LogP contribution >= 0.6 is 0 Å². The van der Waals surface area contributed by atoms with Crippen LogP contribution in [0, 0.1) is 0 Å². The fourth-order valence-electron chi connectivity index (χ4n) is 3.78. The van der Waals surface area contributed by atoms with Gasteiger partial charge in [-0.3, -0.25) is 14.9 Å². The van der Waals surface area contributed by atoms with Crippen LogP contribution in [0.1, 0.15) is 0 Å². The molecular formula is C21H21N5O2. The Morgan fingerprint density at radius 1 is 1.00 bits per heavy atom. The van der Waals surface area contributed by atoms with Gasteiger partial charge in [-0.2, -0.15) is 0 Å². The van der Waals surface area contributed by atoms with Crippen LogP contribution in [0.3, 0.4) is 0 Å². The number of piperazine rings is 1. The zero-order chi connectivity index (χ0) is 19.1. The molecule has 3 heterocycles.